The van der Waals surface area contributed by atoms with Crippen molar-refractivity contribution in [1.29, 1.82) is 5.41 Å². The summed E-state index contributed by atoms with van der Waals surface area (Å²) in [6.07, 6.45) is 3.97. The van der Waals surface area contributed by atoms with E-state index in [0.29, 0.717) is 29.4 Å². The number of hydrogen-bond acceptors (Lipinski definition) is 7. The van der Waals surface area contributed by atoms with E-state index >= 15 is 0 Å². The maximum atomic E-state index is 8.19. The van der Waals surface area contributed by atoms with Gasteiger partial charge in [-0.25, -0.2) is 4.98 Å². The first kappa shape index (κ1) is 26.0. The molecule has 192 valence electrons. The van der Waals surface area contributed by atoms with Gasteiger partial charge in [-0.15, -0.1) is 11.3 Å². The molecule has 0 spiro atoms. The molecule has 3 aromatic rings. The lowest BCUT2D eigenvalue weighted by atomic mass is 10.0. The van der Waals surface area contributed by atoms with Crippen molar-refractivity contribution >= 4 is 22.3 Å². The zero-order valence-electron chi connectivity index (χ0n) is 21.5. The lowest BCUT2D eigenvalue weighted by molar-refractivity contribution is 0.292. The Labute approximate surface area is 218 Å². The van der Waals surface area contributed by atoms with Crippen LogP contribution in [0.3, 0.4) is 0 Å². The van der Waals surface area contributed by atoms with Gasteiger partial charge in [0.1, 0.15) is 11.6 Å². The van der Waals surface area contributed by atoms with Crippen LogP contribution in [0.15, 0.2) is 42.5 Å². The van der Waals surface area contributed by atoms with E-state index in [-0.39, 0.29) is 5.84 Å². The van der Waals surface area contributed by atoms with Crippen molar-refractivity contribution < 1.29 is 9.47 Å². The molecule has 0 amide bonds. The van der Waals surface area contributed by atoms with Crippen molar-refractivity contribution in [2.75, 3.05) is 44.7 Å². The molecule has 0 unspecified atom stereocenters. The first-order valence-electron chi connectivity index (χ1n) is 12.8. The monoisotopic (exact) mass is 507 g/mol. The average Bonchev–Trinajstić information content (AvgIpc) is 3.32. The number of aromatic nitrogens is 1. The Morgan fingerprint density at radius 1 is 1.03 bits per heavy atom. The van der Waals surface area contributed by atoms with E-state index in [1.54, 1.807) is 11.3 Å². The number of nitrogens with zero attached hydrogens (tertiary/aromatic N) is 3. The highest BCUT2D eigenvalue weighted by Gasteiger charge is 2.26. The maximum Gasteiger partial charge on any atom is 0.186 e. The minimum Gasteiger partial charge on any atom is -0.489 e. The molecule has 1 fully saturated rings. The van der Waals surface area contributed by atoms with Crippen LogP contribution in [0.5, 0.6) is 17.2 Å². The van der Waals surface area contributed by atoms with Crippen molar-refractivity contribution in [3.8, 4) is 28.5 Å². The van der Waals surface area contributed by atoms with Gasteiger partial charge in [-0.2, -0.15) is 0 Å². The first-order valence-corrected chi connectivity index (χ1v) is 13.6. The number of anilines is 1. The summed E-state index contributed by atoms with van der Waals surface area (Å²) >= 11 is 1.75. The van der Waals surface area contributed by atoms with Gasteiger partial charge in [0.05, 0.1) is 17.9 Å². The van der Waals surface area contributed by atoms with Gasteiger partial charge in [-0.05, 0) is 44.2 Å². The van der Waals surface area contributed by atoms with E-state index in [1.165, 1.54) is 4.88 Å². The fraction of sp³-hybridized carbons (Fsp3) is 0.429. The van der Waals surface area contributed by atoms with Gasteiger partial charge in [0, 0.05) is 36.6 Å². The molecule has 0 bridgehead atoms. The zero-order chi connectivity index (χ0) is 25.5. The van der Waals surface area contributed by atoms with Gasteiger partial charge in [0.2, 0.25) is 0 Å². The van der Waals surface area contributed by atoms with Crippen LogP contribution < -0.4 is 20.1 Å². The Hall–Kier alpha value is -3.10. The molecule has 1 saturated heterocycles. The molecule has 3 N–H and O–H groups in total. The van der Waals surface area contributed by atoms with Crippen LogP contribution in [-0.2, 0) is 6.42 Å². The molecule has 2 heterocycles. The van der Waals surface area contributed by atoms with Crippen LogP contribution in [0.1, 0.15) is 43.6 Å². The summed E-state index contributed by atoms with van der Waals surface area (Å²) in [6.45, 7) is 8.85. The van der Waals surface area contributed by atoms with Gasteiger partial charge in [0.15, 0.2) is 16.6 Å². The molecule has 1 aliphatic heterocycles. The molecule has 0 atom stereocenters. The molecule has 8 heteroatoms. The fourth-order valence-corrected chi connectivity index (χ4v) is 5.33. The van der Waals surface area contributed by atoms with Crippen LogP contribution in [0.25, 0.3) is 11.3 Å². The second kappa shape index (κ2) is 12.2. The number of nitrogens with one attached hydrogen (secondary N) is 1. The molecule has 36 heavy (non-hydrogen) atoms. The zero-order valence-corrected chi connectivity index (χ0v) is 22.4. The SMILES string of the molecule is CCCCCOc1c(C(=N)N)ccc(-c2nc(N3CCN(C)CC3)sc2CC)c1Oc1ccccc1. The van der Waals surface area contributed by atoms with E-state index in [2.05, 4.69) is 30.7 Å². The van der Waals surface area contributed by atoms with Crippen LogP contribution in [0.2, 0.25) is 0 Å². The van der Waals surface area contributed by atoms with Crippen molar-refractivity contribution in [2.24, 2.45) is 5.73 Å². The predicted octanol–water partition coefficient (Wildman–Crippen LogP) is 5.77. The van der Waals surface area contributed by atoms with Gasteiger partial charge in [0.25, 0.3) is 0 Å². The van der Waals surface area contributed by atoms with Gasteiger partial charge < -0.3 is 25.0 Å². The van der Waals surface area contributed by atoms with Gasteiger partial charge in [-0.3, -0.25) is 5.41 Å². The number of thiazole rings is 1. The van der Waals surface area contributed by atoms with Crippen LogP contribution in [0, 0.1) is 5.41 Å². The molecular weight excluding hydrogens is 470 g/mol. The molecule has 0 radical (unpaired) electrons. The normalized spacial score (nSPS) is 14.1. The number of likely N-dealkylation sites (N-methyl/N-ethyl adjacent to an activating group) is 1. The van der Waals surface area contributed by atoms with Gasteiger partial charge in [-0.1, -0.05) is 44.9 Å². The molecule has 1 aliphatic rings. The van der Waals surface area contributed by atoms with E-state index in [9.17, 15) is 0 Å². The summed E-state index contributed by atoms with van der Waals surface area (Å²) in [6, 6.07) is 13.5. The molecule has 1 aromatic heterocycles. The van der Waals surface area contributed by atoms with Crippen LogP contribution in [-0.4, -0.2) is 55.6 Å². The molecule has 2 aromatic carbocycles. The largest absolute Gasteiger partial charge is 0.489 e. The summed E-state index contributed by atoms with van der Waals surface area (Å²) < 4.78 is 12.8. The Kier molecular flexibility index (Phi) is 8.83. The van der Waals surface area contributed by atoms with Crippen molar-refractivity contribution in [1.82, 2.24) is 9.88 Å². The Bertz CT molecular complexity index is 1160. The Morgan fingerprint density at radius 2 is 1.78 bits per heavy atom. The summed E-state index contributed by atoms with van der Waals surface area (Å²) in [5.74, 6) is 1.73. The molecule has 4 rings (SSSR count). The lowest BCUT2D eigenvalue weighted by Gasteiger charge is -2.32. The number of nitrogens with two attached hydrogens (primary N) is 1. The molecule has 0 saturated carbocycles. The summed E-state index contributed by atoms with van der Waals surface area (Å²) in [5.41, 5.74) is 8.30. The number of ether oxygens (including phenoxy) is 2. The summed E-state index contributed by atoms with van der Waals surface area (Å²) in [4.78, 5) is 11.1. The minimum atomic E-state index is -0.0444. The highest BCUT2D eigenvalue weighted by atomic mass is 32.1. The second-order valence-corrected chi connectivity index (χ2v) is 10.2. The predicted molar refractivity (Wildman–Crippen MR) is 149 cm³/mol. The number of rotatable bonds is 11. The van der Waals surface area contributed by atoms with Crippen molar-refractivity contribution in [2.45, 2.75) is 39.5 Å². The fourth-order valence-electron chi connectivity index (χ4n) is 4.26. The smallest absolute Gasteiger partial charge is 0.186 e. The number of amidine groups is 1. The van der Waals surface area contributed by atoms with Crippen LogP contribution >= 0.6 is 11.3 Å². The number of aryl methyl sites for hydroxylation is 1. The highest BCUT2D eigenvalue weighted by Crippen LogP contribution is 2.46. The quantitative estimate of drug-likeness (QED) is 0.195. The number of para-hydroxylation sites is 1. The number of benzene rings is 2. The standard InChI is InChI=1S/C28H37N5O2S/c1-4-6-10-19-34-25-22(27(29)30)14-13-21(26(25)35-20-11-8-7-9-12-20)24-23(5-2)36-28(31-24)33-17-15-32(3)16-18-33/h7-9,11-14H,4-6,10,15-19H2,1-3H3,(H3,29,30). The highest BCUT2D eigenvalue weighted by molar-refractivity contribution is 7.16. The number of piperazine rings is 1. The summed E-state index contributed by atoms with van der Waals surface area (Å²) in [7, 11) is 2.16. The maximum absolute atomic E-state index is 8.19. The van der Waals surface area contributed by atoms with E-state index in [0.717, 1.165) is 68.3 Å². The average molecular weight is 508 g/mol. The third-order valence-corrected chi connectivity index (χ3v) is 7.66. The van der Waals surface area contributed by atoms with E-state index in [4.69, 9.17) is 25.6 Å². The molecule has 7 nitrogen and oxygen atoms in total. The third-order valence-electron chi connectivity index (χ3n) is 6.40. The lowest BCUT2D eigenvalue weighted by Crippen LogP contribution is -2.44. The van der Waals surface area contributed by atoms with Crippen LogP contribution in [0.4, 0.5) is 5.13 Å². The molecule has 0 aliphatic carbocycles. The minimum absolute atomic E-state index is 0.0444. The Balaban J connectivity index is 1.81. The number of hydrogen-bond donors (Lipinski definition) is 2. The van der Waals surface area contributed by atoms with E-state index in [1.807, 2.05) is 42.5 Å². The van der Waals surface area contributed by atoms with Crippen molar-refractivity contribution in [3.05, 3.63) is 52.9 Å². The third kappa shape index (κ3) is 5.99. The number of nitrogen functional groups attached to an aromatic ring is 1. The Morgan fingerprint density at radius 3 is 2.44 bits per heavy atom. The van der Waals surface area contributed by atoms with Crippen molar-refractivity contribution in [3.63, 3.8) is 0 Å². The first-order chi connectivity index (χ1) is 17.5. The summed E-state index contributed by atoms with van der Waals surface area (Å²) in [5, 5.41) is 9.24. The topological polar surface area (TPSA) is 87.7 Å². The second-order valence-electron chi connectivity index (χ2n) is 9.12. The number of unbranched alkanes of at least 4 members (excludes halogenated alkanes) is 2. The van der Waals surface area contributed by atoms with Gasteiger partial charge >= 0.3 is 0 Å². The van der Waals surface area contributed by atoms with E-state index < -0.39 is 0 Å². The molecular formula is C28H37N5O2S.